The van der Waals surface area contributed by atoms with E-state index in [2.05, 4.69) is 20.8 Å². The molecule has 0 aromatic heterocycles. The van der Waals surface area contributed by atoms with Crippen LogP contribution in [0.2, 0.25) is 0 Å². The van der Waals surface area contributed by atoms with Gasteiger partial charge in [0.1, 0.15) is 67.1 Å². The lowest BCUT2D eigenvalue weighted by atomic mass is 9.44. The number of aliphatic hydroxyl groups excluding tert-OH is 10. The number of aliphatic hydroxyl groups is 10. The second kappa shape index (κ2) is 17.4. The Morgan fingerprint density at radius 1 is 0.613 bits per heavy atom. The third-order valence-corrected chi connectivity index (χ3v) is 18.0. The Kier molecular flexibility index (Phi) is 13.0. The molecule has 5 aliphatic heterocycles. The van der Waals surface area contributed by atoms with Gasteiger partial charge in [0, 0.05) is 18.3 Å². The van der Waals surface area contributed by atoms with E-state index in [1.165, 1.54) is 0 Å². The second-order valence-electron chi connectivity index (χ2n) is 21.2. The summed E-state index contributed by atoms with van der Waals surface area (Å²) in [5, 5.41) is 106. The molecule has 0 aromatic carbocycles. The molecule has 18 nitrogen and oxygen atoms in total. The van der Waals surface area contributed by atoms with E-state index in [9.17, 15) is 51.1 Å². The maximum Gasteiger partial charge on any atom is 0.187 e. The molecule has 9 fully saturated rings. The van der Waals surface area contributed by atoms with E-state index in [-0.39, 0.29) is 34.9 Å². The van der Waals surface area contributed by atoms with Crippen molar-refractivity contribution in [3.63, 3.8) is 0 Å². The summed E-state index contributed by atoms with van der Waals surface area (Å²) in [4.78, 5) is 0. The Morgan fingerprint density at radius 2 is 1.29 bits per heavy atom. The molecule has 4 aliphatic carbocycles. The summed E-state index contributed by atoms with van der Waals surface area (Å²) in [5.41, 5.74) is 0.171. The van der Waals surface area contributed by atoms with Gasteiger partial charge in [-0.3, -0.25) is 0 Å². The Labute approximate surface area is 362 Å². The van der Waals surface area contributed by atoms with Crippen molar-refractivity contribution in [2.45, 2.75) is 196 Å². The zero-order valence-corrected chi connectivity index (χ0v) is 36.3. The summed E-state index contributed by atoms with van der Waals surface area (Å²) in [6.07, 6.45) is -14.5. The summed E-state index contributed by atoms with van der Waals surface area (Å²) in [6, 6.07) is 0. The van der Waals surface area contributed by atoms with Crippen LogP contribution < -0.4 is 0 Å². The first-order valence-corrected chi connectivity index (χ1v) is 23.3. The highest BCUT2D eigenvalue weighted by molar-refractivity contribution is 5.16. The van der Waals surface area contributed by atoms with Gasteiger partial charge in [0.05, 0.1) is 44.7 Å². The molecule has 356 valence electrons. The lowest BCUT2D eigenvalue weighted by Gasteiger charge is -2.61. The van der Waals surface area contributed by atoms with Crippen LogP contribution in [0.3, 0.4) is 0 Å². The van der Waals surface area contributed by atoms with Crippen LogP contribution in [-0.4, -0.2) is 188 Å². The van der Waals surface area contributed by atoms with Gasteiger partial charge in [0.25, 0.3) is 0 Å². The number of hydrogen-bond donors (Lipinski definition) is 10. The van der Waals surface area contributed by atoms with Gasteiger partial charge in [-0.2, -0.15) is 0 Å². The van der Waals surface area contributed by atoms with Crippen molar-refractivity contribution in [2.75, 3.05) is 26.4 Å². The molecular weight excluding hydrogens is 816 g/mol. The van der Waals surface area contributed by atoms with Crippen molar-refractivity contribution in [3.8, 4) is 0 Å². The summed E-state index contributed by atoms with van der Waals surface area (Å²) in [5.74, 6) is 1.87. The van der Waals surface area contributed by atoms with Crippen LogP contribution in [0.5, 0.6) is 0 Å². The molecule has 9 rings (SSSR count). The zero-order valence-electron chi connectivity index (χ0n) is 36.3. The standard InChI is InChI=1S/C44H72O18/c1-18-16-56-44(13-25(18)47)19(2)30-27(62-44)12-24-22-6-5-20-11-21(7-9-42(20,3)23(22)8-10-43(24,30)4)57-41-38(61-40-36(54)34(52)32(50)28(14-45)58-40)37(33(51)29(15-46)59-41)60-39-35(53)31(49)26(48)17-55-39/h18-41,45-54H,5-17H2,1-4H3/t18-,19+,20-,21+,22-,23+,24+,25+,26+,27+,28-,29-,30+,31+,32-,33+,34+,35-,36-,37+,38-,39+,40+,41-,42+,43+,44-/m1/s1. The Morgan fingerprint density at radius 3 is 2.02 bits per heavy atom. The lowest BCUT2D eigenvalue weighted by Crippen LogP contribution is -2.67. The monoisotopic (exact) mass is 888 g/mol. The first kappa shape index (κ1) is 46.4. The van der Waals surface area contributed by atoms with E-state index in [4.69, 9.17) is 37.9 Å². The predicted octanol–water partition coefficient (Wildman–Crippen LogP) is -1.12. The van der Waals surface area contributed by atoms with E-state index in [1.807, 2.05) is 6.92 Å². The van der Waals surface area contributed by atoms with Gasteiger partial charge in [0.2, 0.25) is 0 Å². The number of ether oxygens (including phenoxy) is 8. The summed E-state index contributed by atoms with van der Waals surface area (Å²) in [7, 11) is 0. The van der Waals surface area contributed by atoms with Crippen LogP contribution in [0, 0.1) is 52.3 Å². The summed E-state index contributed by atoms with van der Waals surface area (Å²) >= 11 is 0. The van der Waals surface area contributed by atoms with Crippen molar-refractivity contribution in [1.29, 1.82) is 0 Å². The van der Waals surface area contributed by atoms with E-state index < -0.39 is 118 Å². The molecule has 0 unspecified atom stereocenters. The van der Waals surface area contributed by atoms with Crippen LogP contribution in [0.15, 0.2) is 0 Å². The smallest absolute Gasteiger partial charge is 0.187 e. The third kappa shape index (κ3) is 7.55. The summed E-state index contributed by atoms with van der Waals surface area (Å²) < 4.78 is 49.8. The van der Waals surface area contributed by atoms with Gasteiger partial charge in [-0.25, -0.2) is 0 Å². The van der Waals surface area contributed by atoms with E-state index in [1.54, 1.807) is 0 Å². The van der Waals surface area contributed by atoms with Crippen LogP contribution >= 0.6 is 0 Å². The average Bonchev–Trinajstić information content (AvgIpc) is 3.69. The van der Waals surface area contributed by atoms with Crippen molar-refractivity contribution >= 4 is 0 Å². The quantitative estimate of drug-likeness (QED) is 0.129. The van der Waals surface area contributed by atoms with Gasteiger partial charge in [-0.05, 0) is 91.8 Å². The van der Waals surface area contributed by atoms with Gasteiger partial charge in [-0.1, -0.05) is 27.7 Å². The van der Waals surface area contributed by atoms with Gasteiger partial charge < -0.3 is 89.0 Å². The predicted molar refractivity (Wildman–Crippen MR) is 211 cm³/mol. The Hall–Kier alpha value is -0.720. The maximum absolute atomic E-state index is 11.5. The average molecular weight is 889 g/mol. The minimum Gasteiger partial charge on any atom is -0.394 e. The molecule has 1 spiro atoms. The minimum atomic E-state index is -1.83. The number of fused-ring (bicyclic) bond motifs is 7. The Bertz CT molecular complexity index is 1560. The Balaban J connectivity index is 0.916. The number of hydrogen-bond acceptors (Lipinski definition) is 18. The van der Waals surface area contributed by atoms with Crippen molar-refractivity contribution in [2.24, 2.45) is 52.3 Å². The van der Waals surface area contributed by atoms with Crippen LogP contribution in [0.25, 0.3) is 0 Å². The van der Waals surface area contributed by atoms with Crippen LogP contribution in [-0.2, 0) is 37.9 Å². The van der Waals surface area contributed by atoms with E-state index >= 15 is 0 Å². The molecule has 0 bridgehead atoms. The molecule has 27 atom stereocenters. The van der Waals surface area contributed by atoms with Crippen molar-refractivity contribution in [3.05, 3.63) is 0 Å². The maximum atomic E-state index is 11.5. The fourth-order valence-electron chi connectivity index (χ4n) is 14.4. The fourth-order valence-corrected chi connectivity index (χ4v) is 14.4. The molecule has 4 saturated carbocycles. The molecule has 0 aromatic rings. The minimum absolute atomic E-state index is 0.0528. The van der Waals surface area contributed by atoms with Crippen LogP contribution in [0.1, 0.15) is 85.5 Å². The van der Waals surface area contributed by atoms with E-state index in [0.29, 0.717) is 55.5 Å². The molecule has 9 aliphatic rings. The molecule has 18 heteroatoms. The van der Waals surface area contributed by atoms with Gasteiger partial charge >= 0.3 is 0 Å². The molecule has 62 heavy (non-hydrogen) atoms. The highest BCUT2D eigenvalue weighted by Gasteiger charge is 2.70. The molecule has 5 saturated heterocycles. The number of rotatable bonds is 8. The highest BCUT2D eigenvalue weighted by Crippen LogP contribution is 2.71. The first-order chi connectivity index (χ1) is 29.4. The van der Waals surface area contributed by atoms with Crippen molar-refractivity contribution in [1.82, 2.24) is 0 Å². The van der Waals surface area contributed by atoms with E-state index in [0.717, 1.165) is 38.5 Å². The molecule has 0 radical (unpaired) electrons. The summed E-state index contributed by atoms with van der Waals surface area (Å²) in [6.45, 7) is 7.96. The second-order valence-corrected chi connectivity index (χ2v) is 21.2. The highest BCUT2D eigenvalue weighted by atomic mass is 16.8. The SMILES string of the molecule is C[C@@H]1CO[C@]2(C[C@@H]1O)O[C@H]1C[C@H]3[C@@H]4CC[C@@H]5C[C@@H](O[C@@H]6O[C@H](CO)[C@H](O)[C@H](O[C@@H]7OC[C@H](O)[C@H](O)[C@H]7O)[C@H]6O[C@@H]6O[C@H](CO)[C@@H](O)[C@H](O)[C@H]6O)CC[C@]5(C)[C@H]4CC[C@]3(C)[C@H]1[C@@H]2C. The third-order valence-electron chi connectivity index (χ3n) is 18.0. The first-order valence-electron chi connectivity index (χ1n) is 23.3. The zero-order chi connectivity index (χ0) is 44.2. The van der Waals surface area contributed by atoms with Crippen LogP contribution in [0.4, 0.5) is 0 Å². The fraction of sp³-hybridized carbons (Fsp3) is 1.00. The largest absolute Gasteiger partial charge is 0.394 e. The lowest BCUT2D eigenvalue weighted by molar-refractivity contribution is -0.392. The van der Waals surface area contributed by atoms with Gasteiger partial charge in [0.15, 0.2) is 24.7 Å². The molecule has 0 amide bonds. The van der Waals surface area contributed by atoms with Crippen molar-refractivity contribution < 1.29 is 89.0 Å². The topological polar surface area (TPSA) is 276 Å². The normalized spacial score (nSPS) is 58.9. The molecule has 10 N–H and O–H groups in total. The molecular formula is C44H72O18. The van der Waals surface area contributed by atoms with Gasteiger partial charge in [-0.15, -0.1) is 0 Å². The molecule has 5 heterocycles.